The lowest BCUT2D eigenvalue weighted by Gasteiger charge is -2.31. The second kappa shape index (κ2) is 10.5. The van der Waals surface area contributed by atoms with Crippen LogP contribution in [0.2, 0.25) is 5.02 Å². The lowest BCUT2D eigenvalue weighted by molar-refractivity contribution is -0.140. The van der Waals surface area contributed by atoms with E-state index < -0.39 is 0 Å². The van der Waals surface area contributed by atoms with Gasteiger partial charge in [-0.3, -0.25) is 9.59 Å². The molecule has 1 fully saturated rings. The van der Waals surface area contributed by atoms with E-state index in [0.717, 1.165) is 44.2 Å². The normalized spacial score (nSPS) is 14.2. The summed E-state index contributed by atoms with van der Waals surface area (Å²) in [6, 6.07) is 9.30. The number of hydrogen-bond donors (Lipinski definition) is 1. The predicted molar refractivity (Wildman–Crippen MR) is 129 cm³/mol. The number of amides is 2. The largest absolute Gasteiger partial charge is 0.333 e. The van der Waals surface area contributed by atoms with Crippen molar-refractivity contribution in [1.29, 1.82) is 0 Å². The zero-order chi connectivity index (χ0) is 23.3. The van der Waals surface area contributed by atoms with Gasteiger partial charge in [0.25, 0.3) is 0 Å². The van der Waals surface area contributed by atoms with E-state index >= 15 is 0 Å². The highest BCUT2D eigenvalue weighted by molar-refractivity contribution is 6.32. The van der Waals surface area contributed by atoms with E-state index in [9.17, 15) is 9.59 Å². The van der Waals surface area contributed by atoms with Gasteiger partial charge in [-0.25, -0.2) is 4.68 Å². The molecule has 6 nitrogen and oxygen atoms in total. The first-order chi connectivity index (χ1) is 15.2. The summed E-state index contributed by atoms with van der Waals surface area (Å²) in [5.41, 5.74) is 1.35. The quantitative estimate of drug-likeness (QED) is 0.498. The van der Waals surface area contributed by atoms with Gasteiger partial charge in [0, 0.05) is 23.9 Å². The molecule has 2 aromatic rings. The summed E-state index contributed by atoms with van der Waals surface area (Å²) < 4.78 is 1.68. The minimum absolute atomic E-state index is 0.0532. The number of carbonyl (C=O) groups excluding carboxylic acids is 2. The van der Waals surface area contributed by atoms with Gasteiger partial charge in [0.1, 0.15) is 5.82 Å². The number of para-hydroxylation sites is 1. The molecule has 1 aliphatic rings. The maximum absolute atomic E-state index is 13.0. The highest BCUT2D eigenvalue weighted by Crippen LogP contribution is 2.30. The number of benzene rings is 1. The molecule has 0 saturated heterocycles. The number of nitrogens with zero attached hydrogens (tertiary/aromatic N) is 3. The van der Waals surface area contributed by atoms with E-state index in [-0.39, 0.29) is 29.7 Å². The lowest BCUT2D eigenvalue weighted by atomic mass is 9.84. The summed E-state index contributed by atoms with van der Waals surface area (Å²) in [7, 11) is 0. The van der Waals surface area contributed by atoms with E-state index in [0.29, 0.717) is 23.1 Å². The second-order valence-corrected chi connectivity index (χ2v) is 10.1. The number of carbonyl (C=O) groups is 2. The van der Waals surface area contributed by atoms with Crippen LogP contribution in [0.1, 0.15) is 71.9 Å². The number of rotatable bonds is 9. The Hall–Kier alpha value is -2.34. The summed E-state index contributed by atoms with van der Waals surface area (Å²) in [6.07, 6.45) is 5.98. The molecule has 1 heterocycles. The molecule has 1 aliphatic carbocycles. The Kier molecular flexibility index (Phi) is 7.99. The van der Waals surface area contributed by atoms with Crippen molar-refractivity contribution in [3.63, 3.8) is 0 Å². The van der Waals surface area contributed by atoms with Crippen molar-refractivity contribution in [2.45, 2.75) is 71.6 Å². The van der Waals surface area contributed by atoms with Gasteiger partial charge in [-0.05, 0) is 31.4 Å². The van der Waals surface area contributed by atoms with Gasteiger partial charge in [0.05, 0.1) is 22.9 Å². The molecule has 0 radical (unpaired) electrons. The number of hydrogen-bond acceptors (Lipinski definition) is 3. The van der Waals surface area contributed by atoms with Crippen LogP contribution in [0.4, 0.5) is 5.82 Å². The van der Waals surface area contributed by atoms with Gasteiger partial charge in [-0.1, -0.05) is 70.7 Å². The summed E-state index contributed by atoms with van der Waals surface area (Å²) in [5, 5.41) is 8.27. The van der Waals surface area contributed by atoms with E-state index in [1.807, 2.05) is 24.3 Å². The van der Waals surface area contributed by atoms with Crippen LogP contribution in [-0.4, -0.2) is 39.6 Å². The van der Waals surface area contributed by atoms with Crippen LogP contribution < -0.4 is 5.32 Å². The molecule has 1 aromatic carbocycles. The fraction of sp³-hybridized carbons (Fsp3) is 0.560. The van der Waals surface area contributed by atoms with Crippen molar-refractivity contribution in [3.05, 3.63) is 41.0 Å². The highest BCUT2D eigenvalue weighted by Gasteiger charge is 2.30. The zero-order valence-electron chi connectivity index (χ0n) is 19.7. The Morgan fingerprint density at radius 2 is 1.94 bits per heavy atom. The Morgan fingerprint density at radius 3 is 2.53 bits per heavy atom. The molecule has 0 aliphatic heterocycles. The third-order valence-electron chi connectivity index (χ3n) is 5.96. The topological polar surface area (TPSA) is 67.2 Å². The fourth-order valence-electron chi connectivity index (χ4n) is 3.73. The highest BCUT2D eigenvalue weighted by atomic mass is 35.5. The van der Waals surface area contributed by atoms with E-state index in [4.69, 9.17) is 16.7 Å². The molecule has 0 spiro atoms. The van der Waals surface area contributed by atoms with Gasteiger partial charge in [0.2, 0.25) is 11.8 Å². The van der Waals surface area contributed by atoms with E-state index in [1.54, 1.807) is 15.6 Å². The number of anilines is 1. The van der Waals surface area contributed by atoms with Gasteiger partial charge in [-0.15, -0.1) is 0 Å². The van der Waals surface area contributed by atoms with Crippen molar-refractivity contribution in [2.24, 2.45) is 5.92 Å². The zero-order valence-corrected chi connectivity index (χ0v) is 20.4. The Morgan fingerprint density at radius 1 is 1.22 bits per heavy atom. The van der Waals surface area contributed by atoms with Crippen molar-refractivity contribution in [3.8, 4) is 5.69 Å². The van der Waals surface area contributed by atoms with Crippen molar-refractivity contribution < 1.29 is 9.59 Å². The number of aromatic nitrogens is 2. The monoisotopic (exact) mass is 458 g/mol. The predicted octanol–water partition coefficient (Wildman–Crippen LogP) is 5.58. The minimum Gasteiger partial charge on any atom is -0.333 e. The van der Waals surface area contributed by atoms with Crippen LogP contribution >= 0.6 is 11.6 Å². The van der Waals surface area contributed by atoms with Crippen molar-refractivity contribution >= 4 is 29.2 Å². The standard InChI is InChI=1S/C25H35ClN4O2/c1-5-6-9-15-29(24(32)18-11-10-12-18)17-23(31)27-22-16-21(25(2,3)4)28-30(22)20-14-8-7-13-19(20)26/h7-8,13-14,16,18H,5-6,9-12,15,17H2,1-4H3,(H,27,31). The van der Waals surface area contributed by atoms with Crippen LogP contribution in [0.25, 0.3) is 5.69 Å². The number of halogens is 1. The Labute approximate surface area is 196 Å². The smallest absolute Gasteiger partial charge is 0.245 e. The van der Waals surface area contributed by atoms with Crippen LogP contribution in [0.5, 0.6) is 0 Å². The summed E-state index contributed by atoms with van der Waals surface area (Å²) in [6.45, 7) is 9.03. The third-order valence-corrected chi connectivity index (χ3v) is 6.28. The summed E-state index contributed by atoms with van der Waals surface area (Å²) in [4.78, 5) is 27.7. The SMILES string of the molecule is CCCCCN(CC(=O)Nc1cc(C(C)(C)C)nn1-c1ccccc1Cl)C(=O)C1CCC1. The molecule has 174 valence electrons. The second-order valence-electron chi connectivity index (χ2n) is 9.67. The minimum atomic E-state index is -0.220. The Balaban J connectivity index is 1.81. The molecule has 0 atom stereocenters. The average molecular weight is 459 g/mol. The molecule has 7 heteroatoms. The van der Waals surface area contributed by atoms with E-state index in [2.05, 4.69) is 33.0 Å². The van der Waals surface area contributed by atoms with Crippen molar-refractivity contribution in [2.75, 3.05) is 18.4 Å². The molecule has 0 bridgehead atoms. The maximum atomic E-state index is 13.0. The molecule has 1 saturated carbocycles. The maximum Gasteiger partial charge on any atom is 0.245 e. The van der Waals surface area contributed by atoms with Gasteiger partial charge >= 0.3 is 0 Å². The van der Waals surface area contributed by atoms with Gasteiger partial charge < -0.3 is 10.2 Å². The first-order valence-electron chi connectivity index (χ1n) is 11.6. The Bertz CT molecular complexity index is 944. The van der Waals surface area contributed by atoms with Crippen LogP contribution in [0.15, 0.2) is 30.3 Å². The molecule has 0 unspecified atom stereocenters. The van der Waals surface area contributed by atoms with Gasteiger partial charge in [0.15, 0.2) is 0 Å². The summed E-state index contributed by atoms with van der Waals surface area (Å²) >= 11 is 6.42. The first-order valence-corrected chi connectivity index (χ1v) is 12.0. The third kappa shape index (κ3) is 5.91. The molecular formula is C25H35ClN4O2. The molecule has 1 aromatic heterocycles. The van der Waals surface area contributed by atoms with Crippen LogP contribution in [0, 0.1) is 5.92 Å². The number of nitrogens with one attached hydrogen (secondary N) is 1. The molecule has 2 amide bonds. The fourth-order valence-corrected chi connectivity index (χ4v) is 3.95. The molecular weight excluding hydrogens is 424 g/mol. The summed E-state index contributed by atoms with van der Waals surface area (Å²) in [5.74, 6) is 0.517. The molecule has 32 heavy (non-hydrogen) atoms. The first kappa shape index (κ1) is 24.3. The van der Waals surface area contributed by atoms with Crippen LogP contribution in [-0.2, 0) is 15.0 Å². The van der Waals surface area contributed by atoms with Gasteiger partial charge in [-0.2, -0.15) is 5.10 Å². The lowest BCUT2D eigenvalue weighted by Crippen LogP contribution is -2.43. The van der Waals surface area contributed by atoms with E-state index in [1.165, 1.54) is 0 Å². The molecule has 3 rings (SSSR count). The molecule has 1 N–H and O–H groups in total. The van der Waals surface area contributed by atoms with Crippen molar-refractivity contribution in [1.82, 2.24) is 14.7 Å². The number of unbranched alkanes of at least 4 members (excludes halogenated alkanes) is 2. The van der Waals surface area contributed by atoms with Crippen LogP contribution in [0.3, 0.4) is 0 Å². The average Bonchev–Trinajstić information content (AvgIpc) is 3.10.